The average Bonchev–Trinajstić information content (AvgIpc) is 3.01. The summed E-state index contributed by atoms with van der Waals surface area (Å²) in [5, 5.41) is 3.27. The zero-order valence-corrected chi connectivity index (χ0v) is 14.1. The summed E-state index contributed by atoms with van der Waals surface area (Å²) in [6.45, 7) is 9.27. The highest BCUT2D eigenvalue weighted by Crippen LogP contribution is 2.48. The van der Waals surface area contributed by atoms with Gasteiger partial charge in [-0.1, -0.05) is 6.92 Å². The topological polar surface area (TPSA) is 71.3 Å². The first kappa shape index (κ1) is 16.5. The number of rotatable bonds is 7. The summed E-state index contributed by atoms with van der Waals surface area (Å²) in [7, 11) is -3.54. The molecule has 0 spiro atoms. The van der Waals surface area contributed by atoms with E-state index in [1.54, 1.807) is 6.07 Å². The van der Waals surface area contributed by atoms with Crippen molar-refractivity contribution in [1.29, 1.82) is 0 Å². The number of sulfonamides is 1. The van der Waals surface area contributed by atoms with E-state index < -0.39 is 10.0 Å². The third-order valence-electron chi connectivity index (χ3n) is 4.04. The van der Waals surface area contributed by atoms with E-state index in [2.05, 4.69) is 37.7 Å². The van der Waals surface area contributed by atoms with Crippen molar-refractivity contribution in [3.8, 4) is 0 Å². The maximum atomic E-state index is 12.2. The molecule has 5 nitrogen and oxygen atoms in total. The van der Waals surface area contributed by atoms with Crippen LogP contribution in [-0.2, 0) is 16.6 Å². The molecule has 1 fully saturated rings. The van der Waals surface area contributed by atoms with Gasteiger partial charge in [0.2, 0.25) is 5.09 Å². The Morgan fingerprint density at radius 1 is 1.29 bits per heavy atom. The fraction of sp³-hybridized carbons (Fsp3) is 0.733. The van der Waals surface area contributed by atoms with Crippen molar-refractivity contribution < 1.29 is 12.8 Å². The maximum absolute atomic E-state index is 12.2. The molecule has 0 unspecified atom stereocenters. The van der Waals surface area contributed by atoms with Gasteiger partial charge >= 0.3 is 0 Å². The molecular formula is C15H26N2O3S. The minimum atomic E-state index is -3.54. The predicted molar refractivity (Wildman–Crippen MR) is 82.4 cm³/mol. The van der Waals surface area contributed by atoms with Gasteiger partial charge in [0.25, 0.3) is 10.0 Å². The second-order valence-corrected chi connectivity index (χ2v) is 8.70. The van der Waals surface area contributed by atoms with Gasteiger partial charge in [0.1, 0.15) is 5.76 Å². The lowest BCUT2D eigenvalue weighted by Crippen LogP contribution is -2.34. The molecular weight excluding hydrogens is 288 g/mol. The first-order chi connectivity index (χ1) is 9.66. The van der Waals surface area contributed by atoms with Gasteiger partial charge in [-0.15, -0.1) is 0 Å². The monoisotopic (exact) mass is 314 g/mol. The van der Waals surface area contributed by atoms with Crippen LogP contribution in [0.1, 0.15) is 52.7 Å². The predicted octanol–water partition coefficient (Wildman–Crippen LogP) is 2.64. The molecule has 1 heterocycles. The Labute approximate surface area is 127 Å². The molecule has 1 aromatic rings. The Hall–Kier alpha value is -0.850. The van der Waals surface area contributed by atoms with Crippen LogP contribution in [0.15, 0.2) is 21.6 Å². The van der Waals surface area contributed by atoms with Gasteiger partial charge in [0, 0.05) is 12.1 Å². The second-order valence-electron chi connectivity index (χ2n) is 7.00. The number of furan rings is 1. The van der Waals surface area contributed by atoms with Gasteiger partial charge in [-0.25, -0.2) is 13.1 Å². The normalized spacial score (nSPS) is 17.9. The molecule has 0 aliphatic heterocycles. The second kappa shape index (κ2) is 5.74. The molecule has 6 heteroatoms. The van der Waals surface area contributed by atoms with Gasteiger partial charge in [-0.3, -0.25) is 0 Å². The van der Waals surface area contributed by atoms with Crippen LogP contribution < -0.4 is 10.0 Å². The highest BCUT2D eigenvalue weighted by atomic mass is 32.2. The quantitative estimate of drug-likeness (QED) is 0.811. The Bertz CT molecular complexity index is 580. The molecule has 1 aliphatic carbocycles. The van der Waals surface area contributed by atoms with Crippen molar-refractivity contribution >= 4 is 10.0 Å². The molecule has 0 saturated heterocycles. The molecule has 2 N–H and O–H groups in total. The standard InChI is InChI=1S/C15H26N2O3S/c1-5-15(8-9-15)11-17-21(18,19)13-7-6-12(20-13)10-16-14(2,3)4/h6-7,16-17H,5,8-11H2,1-4H3. The van der Waals surface area contributed by atoms with Gasteiger partial charge in [-0.2, -0.15) is 0 Å². The van der Waals surface area contributed by atoms with Crippen molar-refractivity contribution in [3.05, 3.63) is 17.9 Å². The lowest BCUT2D eigenvalue weighted by molar-refractivity contribution is 0.358. The third-order valence-corrected chi connectivity index (χ3v) is 5.31. The lowest BCUT2D eigenvalue weighted by atomic mass is 10.1. The Morgan fingerprint density at radius 2 is 1.95 bits per heavy atom. The van der Waals surface area contributed by atoms with E-state index >= 15 is 0 Å². The van der Waals surface area contributed by atoms with Crippen molar-refractivity contribution in [3.63, 3.8) is 0 Å². The first-order valence-electron chi connectivity index (χ1n) is 7.49. The first-order valence-corrected chi connectivity index (χ1v) is 8.98. The number of hydrogen-bond donors (Lipinski definition) is 2. The van der Waals surface area contributed by atoms with Crippen molar-refractivity contribution in [2.75, 3.05) is 6.54 Å². The minimum Gasteiger partial charge on any atom is -0.447 e. The largest absolute Gasteiger partial charge is 0.447 e. The van der Waals surface area contributed by atoms with Crippen LogP contribution in [0.2, 0.25) is 0 Å². The van der Waals surface area contributed by atoms with E-state index in [9.17, 15) is 8.42 Å². The summed E-state index contributed by atoms with van der Waals surface area (Å²) in [5.41, 5.74) is 0.139. The Morgan fingerprint density at radius 3 is 2.48 bits per heavy atom. The van der Waals surface area contributed by atoms with Crippen LogP contribution in [0.3, 0.4) is 0 Å². The van der Waals surface area contributed by atoms with Crippen LogP contribution >= 0.6 is 0 Å². The van der Waals surface area contributed by atoms with Gasteiger partial charge in [0.15, 0.2) is 0 Å². The van der Waals surface area contributed by atoms with E-state index in [4.69, 9.17) is 4.42 Å². The zero-order valence-electron chi connectivity index (χ0n) is 13.3. The summed E-state index contributed by atoms with van der Waals surface area (Å²) in [5.74, 6) is 0.627. The molecule has 120 valence electrons. The molecule has 1 aliphatic rings. The van der Waals surface area contributed by atoms with E-state index in [1.165, 1.54) is 6.07 Å². The number of nitrogens with one attached hydrogen (secondary N) is 2. The van der Waals surface area contributed by atoms with Crippen molar-refractivity contribution in [2.24, 2.45) is 5.41 Å². The molecule has 0 amide bonds. The fourth-order valence-electron chi connectivity index (χ4n) is 2.10. The summed E-state index contributed by atoms with van der Waals surface area (Å²) >= 11 is 0. The van der Waals surface area contributed by atoms with Crippen molar-refractivity contribution in [2.45, 2.75) is 64.1 Å². The number of hydrogen-bond acceptors (Lipinski definition) is 4. The Kier molecular flexibility index (Phi) is 4.52. The molecule has 0 atom stereocenters. The molecule has 1 aromatic heterocycles. The summed E-state index contributed by atoms with van der Waals surface area (Å²) < 4.78 is 32.5. The molecule has 1 saturated carbocycles. The molecule has 21 heavy (non-hydrogen) atoms. The van der Waals surface area contributed by atoms with Crippen LogP contribution in [0, 0.1) is 5.41 Å². The summed E-state index contributed by atoms with van der Waals surface area (Å²) in [6, 6.07) is 3.23. The Balaban J connectivity index is 1.96. The van der Waals surface area contributed by atoms with E-state index in [-0.39, 0.29) is 16.0 Å². The summed E-state index contributed by atoms with van der Waals surface area (Å²) in [6.07, 6.45) is 3.21. The maximum Gasteiger partial charge on any atom is 0.273 e. The van der Waals surface area contributed by atoms with E-state index in [1.807, 2.05) is 0 Å². The van der Waals surface area contributed by atoms with Crippen LogP contribution in [0.5, 0.6) is 0 Å². The smallest absolute Gasteiger partial charge is 0.273 e. The summed E-state index contributed by atoms with van der Waals surface area (Å²) in [4.78, 5) is 0. The zero-order chi connectivity index (χ0) is 15.7. The lowest BCUT2D eigenvalue weighted by Gasteiger charge is -2.19. The molecule has 0 aromatic carbocycles. The van der Waals surface area contributed by atoms with Crippen LogP contribution in [0.25, 0.3) is 0 Å². The van der Waals surface area contributed by atoms with Gasteiger partial charge in [-0.05, 0) is 57.6 Å². The highest BCUT2D eigenvalue weighted by Gasteiger charge is 2.41. The SMILES string of the molecule is CCC1(CNS(=O)(=O)c2ccc(CNC(C)(C)C)o2)CC1. The fourth-order valence-corrected chi connectivity index (χ4v) is 3.20. The van der Waals surface area contributed by atoms with E-state index in [0.29, 0.717) is 18.8 Å². The minimum absolute atomic E-state index is 0.000104. The third kappa shape index (κ3) is 4.56. The molecule has 0 bridgehead atoms. The highest BCUT2D eigenvalue weighted by molar-refractivity contribution is 7.89. The average molecular weight is 314 g/mol. The molecule has 0 radical (unpaired) electrons. The van der Waals surface area contributed by atoms with Gasteiger partial charge < -0.3 is 9.73 Å². The van der Waals surface area contributed by atoms with Crippen LogP contribution in [-0.4, -0.2) is 20.5 Å². The van der Waals surface area contributed by atoms with Gasteiger partial charge in [0.05, 0.1) is 6.54 Å². The molecule has 2 rings (SSSR count). The van der Waals surface area contributed by atoms with E-state index in [0.717, 1.165) is 19.3 Å². The van der Waals surface area contributed by atoms with Crippen LogP contribution in [0.4, 0.5) is 0 Å². The van der Waals surface area contributed by atoms with Crippen molar-refractivity contribution in [1.82, 2.24) is 10.0 Å².